The largest absolute Gasteiger partial charge is 0.296 e. The molecule has 0 saturated heterocycles. The van der Waals surface area contributed by atoms with E-state index in [1.807, 2.05) is 0 Å². The van der Waals surface area contributed by atoms with Crippen molar-refractivity contribution in [2.45, 2.75) is 46.2 Å². The summed E-state index contributed by atoms with van der Waals surface area (Å²) in [5.41, 5.74) is 3.49. The average molecular weight is 216 g/mol. The maximum Gasteiger partial charge on any atom is 0.121 e. The number of aryl methyl sites for hydroxylation is 2. The van der Waals surface area contributed by atoms with Gasteiger partial charge in [-0.25, -0.2) is 0 Å². The van der Waals surface area contributed by atoms with Crippen molar-refractivity contribution in [2.75, 3.05) is 0 Å². The van der Waals surface area contributed by atoms with Crippen LogP contribution in [0.2, 0.25) is 0 Å². The van der Waals surface area contributed by atoms with Crippen molar-refractivity contribution in [3.63, 3.8) is 0 Å². The zero-order valence-electron chi connectivity index (χ0n) is 10.5. The summed E-state index contributed by atoms with van der Waals surface area (Å²) in [6.45, 7) is 8.35. The monoisotopic (exact) mass is 216 g/mol. The van der Waals surface area contributed by atoms with Crippen LogP contribution >= 0.6 is 0 Å². The van der Waals surface area contributed by atoms with Crippen molar-refractivity contribution in [2.24, 2.45) is 0 Å². The van der Waals surface area contributed by atoms with Gasteiger partial charge in [0.25, 0.3) is 0 Å². The van der Waals surface area contributed by atoms with E-state index in [9.17, 15) is 5.26 Å². The Kier molecular flexibility index (Phi) is 4.52. The summed E-state index contributed by atoms with van der Waals surface area (Å²) in [6, 6.07) is 8.78. The lowest BCUT2D eigenvalue weighted by Crippen LogP contribution is -2.29. The Morgan fingerprint density at radius 1 is 1.25 bits per heavy atom. The van der Waals surface area contributed by atoms with Crippen LogP contribution in [0.5, 0.6) is 0 Å². The molecule has 86 valence electrons. The molecule has 0 aliphatic rings. The minimum Gasteiger partial charge on any atom is -0.296 e. The number of nitrogens with one attached hydrogen (secondary N) is 1. The van der Waals surface area contributed by atoms with Gasteiger partial charge in [-0.05, 0) is 32.8 Å². The summed E-state index contributed by atoms with van der Waals surface area (Å²) >= 11 is 0. The Bertz CT molecular complexity index is 370. The van der Waals surface area contributed by atoms with Crippen molar-refractivity contribution in [1.82, 2.24) is 5.32 Å². The van der Waals surface area contributed by atoms with Crippen molar-refractivity contribution in [1.29, 1.82) is 5.26 Å². The minimum atomic E-state index is -0.200. The molecule has 2 atom stereocenters. The predicted molar refractivity (Wildman–Crippen MR) is 67.2 cm³/mol. The van der Waals surface area contributed by atoms with E-state index in [1.54, 1.807) is 0 Å². The van der Waals surface area contributed by atoms with Crippen molar-refractivity contribution < 1.29 is 0 Å². The molecule has 0 fully saturated rings. The van der Waals surface area contributed by atoms with E-state index in [-0.39, 0.29) is 6.04 Å². The molecule has 1 N–H and O–H groups in total. The van der Waals surface area contributed by atoms with Gasteiger partial charge in [0.2, 0.25) is 0 Å². The average Bonchev–Trinajstić information content (AvgIpc) is 2.24. The fourth-order valence-corrected chi connectivity index (χ4v) is 1.79. The number of nitrogens with zero attached hydrogens (tertiary/aromatic N) is 1. The van der Waals surface area contributed by atoms with Crippen molar-refractivity contribution >= 4 is 0 Å². The van der Waals surface area contributed by atoms with E-state index >= 15 is 0 Å². The van der Waals surface area contributed by atoms with E-state index in [2.05, 4.69) is 57.3 Å². The molecule has 16 heavy (non-hydrogen) atoms. The highest BCUT2D eigenvalue weighted by Gasteiger charge is 2.12. The molecule has 0 amide bonds. The quantitative estimate of drug-likeness (QED) is 0.838. The zero-order valence-corrected chi connectivity index (χ0v) is 10.5. The molecule has 0 spiro atoms. The van der Waals surface area contributed by atoms with Gasteiger partial charge in [0.05, 0.1) is 6.07 Å². The summed E-state index contributed by atoms with van der Waals surface area (Å²) in [5.74, 6) is 0. The molecule has 2 unspecified atom stereocenters. The molecule has 0 radical (unpaired) electrons. The van der Waals surface area contributed by atoms with Gasteiger partial charge >= 0.3 is 0 Å². The Morgan fingerprint density at radius 2 is 1.81 bits per heavy atom. The zero-order chi connectivity index (χ0) is 12.1. The van der Waals surface area contributed by atoms with Crippen LogP contribution in [0.15, 0.2) is 18.2 Å². The van der Waals surface area contributed by atoms with Gasteiger partial charge in [-0.3, -0.25) is 5.32 Å². The third-order valence-corrected chi connectivity index (χ3v) is 2.77. The summed E-state index contributed by atoms with van der Waals surface area (Å²) < 4.78 is 0. The molecular weight excluding hydrogens is 196 g/mol. The van der Waals surface area contributed by atoms with E-state index in [1.165, 1.54) is 11.1 Å². The second-order valence-corrected chi connectivity index (χ2v) is 4.46. The molecule has 0 aliphatic heterocycles. The molecule has 0 heterocycles. The van der Waals surface area contributed by atoms with E-state index in [4.69, 9.17) is 0 Å². The number of nitriles is 1. The van der Waals surface area contributed by atoms with Crippen LogP contribution in [0.3, 0.4) is 0 Å². The Morgan fingerprint density at radius 3 is 2.25 bits per heavy atom. The highest BCUT2D eigenvalue weighted by Crippen LogP contribution is 2.17. The summed E-state index contributed by atoms with van der Waals surface area (Å²) in [6.07, 6.45) is 1.03. The lowest BCUT2D eigenvalue weighted by molar-refractivity contribution is 0.501. The summed E-state index contributed by atoms with van der Waals surface area (Å²) in [5, 5.41) is 12.5. The smallest absolute Gasteiger partial charge is 0.121 e. The van der Waals surface area contributed by atoms with E-state index in [0.717, 1.165) is 12.0 Å². The van der Waals surface area contributed by atoms with Crippen molar-refractivity contribution in [3.8, 4) is 6.07 Å². The molecule has 0 saturated carbocycles. The van der Waals surface area contributed by atoms with Gasteiger partial charge in [0.15, 0.2) is 0 Å². The van der Waals surface area contributed by atoms with Gasteiger partial charge in [-0.2, -0.15) is 5.26 Å². The first-order chi connectivity index (χ1) is 7.56. The summed E-state index contributed by atoms with van der Waals surface area (Å²) in [4.78, 5) is 0. The lowest BCUT2D eigenvalue weighted by atomic mass is 10.0. The topological polar surface area (TPSA) is 35.8 Å². The number of hydrogen-bond donors (Lipinski definition) is 1. The molecule has 1 rings (SSSR count). The highest BCUT2D eigenvalue weighted by molar-refractivity contribution is 5.33. The summed E-state index contributed by atoms with van der Waals surface area (Å²) in [7, 11) is 0. The number of rotatable bonds is 4. The van der Waals surface area contributed by atoms with Gasteiger partial charge in [-0.1, -0.05) is 36.2 Å². The molecule has 2 nitrogen and oxygen atoms in total. The van der Waals surface area contributed by atoms with Crippen LogP contribution in [-0.4, -0.2) is 6.04 Å². The van der Waals surface area contributed by atoms with Crippen LogP contribution in [0.1, 0.15) is 43.0 Å². The number of benzene rings is 1. The SMILES string of the molecule is CCC(C)NC(C#N)c1cc(C)cc(C)c1. The van der Waals surface area contributed by atoms with Crippen molar-refractivity contribution in [3.05, 3.63) is 34.9 Å². The molecule has 0 aromatic heterocycles. The molecule has 1 aromatic rings. The van der Waals surface area contributed by atoms with Crippen LogP contribution in [-0.2, 0) is 0 Å². The lowest BCUT2D eigenvalue weighted by Gasteiger charge is -2.17. The second-order valence-electron chi connectivity index (χ2n) is 4.46. The first-order valence-corrected chi connectivity index (χ1v) is 5.80. The molecule has 0 aliphatic carbocycles. The Labute approximate surface area is 98.3 Å². The third kappa shape index (κ3) is 3.36. The van der Waals surface area contributed by atoms with Crippen LogP contribution in [0.25, 0.3) is 0 Å². The van der Waals surface area contributed by atoms with E-state index in [0.29, 0.717) is 6.04 Å². The molecule has 0 bridgehead atoms. The number of hydrogen-bond acceptors (Lipinski definition) is 2. The molecule has 2 heteroatoms. The molecular formula is C14H20N2. The van der Waals surface area contributed by atoms with Crippen LogP contribution in [0, 0.1) is 25.2 Å². The maximum absolute atomic E-state index is 9.19. The molecule has 1 aromatic carbocycles. The van der Waals surface area contributed by atoms with Gasteiger partial charge in [0.1, 0.15) is 6.04 Å². The predicted octanol–water partition coefficient (Wildman–Crippen LogP) is 3.26. The van der Waals surface area contributed by atoms with Crippen LogP contribution < -0.4 is 5.32 Å². The standard InChI is InChI=1S/C14H20N2/c1-5-12(4)16-14(9-15)13-7-10(2)6-11(3)8-13/h6-8,12,14,16H,5H2,1-4H3. The van der Waals surface area contributed by atoms with Gasteiger partial charge < -0.3 is 0 Å². The Hall–Kier alpha value is -1.33. The third-order valence-electron chi connectivity index (χ3n) is 2.77. The normalized spacial score (nSPS) is 14.2. The first kappa shape index (κ1) is 12.7. The van der Waals surface area contributed by atoms with Crippen LogP contribution in [0.4, 0.5) is 0 Å². The fraction of sp³-hybridized carbons (Fsp3) is 0.500. The van der Waals surface area contributed by atoms with Gasteiger partial charge in [0, 0.05) is 6.04 Å². The first-order valence-electron chi connectivity index (χ1n) is 5.80. The van der Waals surface area contributed by atoms with E-state index < -0.39 is 0 Å². The Balaban J connectivity index is 2.91. The second kappa shape index (κ2) is 5.67. The maximum atomic E-state index is 9.19. The van der Waals surface area contributed by atoms with Gasteiger partial charge in [-0.15, -0.1) is 0 Å². The fourth-order valence-electron chi connectivity index (χ4n) is 1.79. The highest BCUT2D eigenvalue weighted by atomic mass is 14.9. The minimum absolute atomic E-state index is 0.200.